The van der Waals surface area contributed by atoms with Crippen molar-refractivity contribution in [1.29, 1.82) is 0 Å². The topological polar surface area (TPSA) is 59.6 Å². The molecule has 1 aliphatic heterocycles. The number of ether oxygens (including phenoxy) is 3. The van der Waals surface area contributed by atoms with E-state index in [9.17, 15) is 5.21 Å². The second kappa shape index (κ2) is 7.30. The Morgan fingerprint density at radius 3 is 2.50 bits per heavy atom. The van der Waals surface area contributed by atoms with Crippen LogP contribution in [0.3, 0.4) is 0 Å². The zero-order chi connectivity index (χ0) is 20.7. The van der Waals surface area contributed by atoms with Crippen LogP contribution in [0, 0.1) is 5.21 Å². The second-order valence-corrected chi connectivity index (χ2v) is 7.31. The smallest absolute Gasteiger partial charge is 0.293 e. The molecule has 0 bridgehead atoms. The van der Waals surface area contributed by atoms with E-state index in [1.165, 1.54) is 0 Å². The average molecular weight is 402 g/mol. The highest BCUT2D eigenvalue weighted by Crippen LogP contribution is 2.39. The van der Waals surface area contributed by atoms with Gasteiger partial charge in [0.15, 0.2) is 22.5 Å². The molecule has 0 atom stereocenters. The van der Waals surface area contributed by atoms with Gasteiger partial charge in [-0.05, 0) is 35.4 Å². The molecule has 4 aromatic rings. The van der Waals surface area contributed by atoms with Gasteiger partial charge in [0.2, 0.25) is 0 Å². The summed E-state index contributed by atoms with van der Waals surface area (Å²) in [6.07, 6.45) is 0.807. The number of benzene rings is 3. The molecular weight excluding hydrogens is 380 g/mol. The molecule has 0 fully saturated rings. The summed E-state index contributed by atoms with van der Waals surface area (Å²) in [5.74, 6) is 2.65. The van der Waals surface area contributed by atoms with Gasteiger partial charge in [-0.2, -0.15) is 0 Å². The Morgan fingerprint density at radius 2 is 1.73 bits per heavy atom. The summed E-state index contributed by atoms with van der Waals surface area (Å²) < 4.78 is 19.9. The maximum Gasteiger partial charge on any atom is 0.293 e. The largest absolute Gasteiger partial charge is 0.710 e. The van der Waals surface area contributed by atoms with E-state index in [4.69, 9.17) is 14.2 Å². The van der Waals surface area contributed by atoms with Gasteiger partial charge < -0.3 is 19.4 Å². The van der Waals surface area contributed by atoms with Crippen LogP contribution in [0.5, 0.6) is 17.2 Å². The van der Waals surface area contributed by atoms with Crippen LogP contribution in [0.4, 0.5) is 0 Å². The fraction of sp³-hybridized carbons (Fsp3) is 0.208. The van der Waals surface area contributed by atoms with Crippen LogP contribution in [0.15, 0.2) is 60.7 Å². The minimum absolute atomic E-state index is 0.483. The zero-order valence-corrected chi connectivity index (χ0v) is 16.9. The molecule has 30 heavy (non-hydrogen) atoms. The van der Waals surface area contributed by atoms with Crippen molar-refractivity contribution in [3.63, 3.8) is 0 Å². The molecule has 6 nitrogen and oxygen atoms in total. The first-order valence-electron chi connectivity index (χ1n) is 9.87. The average Bonchev–Trinajstić information content (AvgIpc) is 3.09. The lowest BCUT2D eigenvalue weighted by atomic mass is 9.99. The fourth-order valence-electron chi connectivity index (χ4n) is 4.11. The molecule has 0 unspecified atom stereocenters. The van der Waals surface area contributed by atoms with Crippen LogP contribution < -0.4 is 18.9 Å². The molecule has 5 rings (SSSR count). The number of rotatable bonds is 5. The van der Waals surface area contributed by atoms with Crippen LogP contribution in [-0.2, 0) is 19.6 Å². The molecule has 1 aliphatic rings. The molecule has 0 saturated heterocycles. The first-order valence-corrected chi connectivity index (χ1v) is 9.87. The first kappa shape index (κ1) is 18.4. The van der Waals surface area contributed by atoms with Gasteiger partial charge in [0.25, 0.3) is 5.82 Å². The fourth-order valence-corrected chi connectivity index (χ4v) is 4.11. The Bertz CT molecular complexity index is 1230. The predicted molar refractivity (Wildman–Crippen MR) is 114 cm³/mol. The lowest BCUT2D eigenvalue weighted by Crippen LogP contribution is -2.30. The Balaban J connectivity index is 1.57. The number of methoxy groups -OCH3 is 2. The molecule has 3 aromatic carbocycles. The number of imidazole rings is 1. The lowest BCUT2D eigenvalue weighted by Gasteiger charge is -2.18. The number of aryl methyl sites for hydroxylation is 2. The molecule has 0 amide bonds. The monoisotopic (exact) mass is 402 g/mol. The molecular formula is C24H22N2O4. The number of nitrogens with zero attached hydrogens (tertiary/aromatic N) is 2. The summed E-state index contributed by atoms with van der Waals surface area (Å²) in [6, 6.07) is 19.5. The number of aromatic nitrogens is 2. The van der Waals surface area contributed by atoms with Crippen molar-refractivity contribution in [3.8, 4) is 28.6 Å². The summed E-state index contributed by atoms with van der Waals surface area (Å²) in [7, 11) is 3.22. The standard InChI is InChI=1S/C24H22N2O4/c1-28-22-12-17-10-11-25-21-13-18(30-15-16-6-4-3-5-7-16)8-9-20(21)26(27)24(25)19(17)14-23(22)29-2/h3-9,12-14H,10-11,15H2,1-2H3. The second-order valence-electron chi connectivity index (χ2n) is 7.31. The quantitative estimate of drug-likeness (QED) is 0.373. The summed E-state index contributed by atoms with van der Waals surface area (Å²) in [5, 5.41) is 13.2. The normalized spacial score (nSPS) is 12.3. The molecule has 6 heteroatoms. The van der Waals surface area contributed by atoms with E-state index in [0.717, 1.165) is 39.1 Å². The Labute approximate surface area is 174 Å². The third kappa shape index (κ3) is 2.92. The predicted octanol–water partition coefficient (Wildman–Crippen LogP) is 4.09. The minimum atomic E-state index is 0.483. The lowest BCUT2D eigenvalue weighted by molar-refractivity contribution is -0.565. The minimum Gasteiger partial charge on any atom is -0.710 e. The molecule has 0 N–H and O–H groups in total. The van der Waals surface area contributed by atoms with E-state index in [2.05, 4.69) is 4.57 Å². The third-order valence-corrected chi connectivity index (χ3v) is 5.61. The molecule has 1 aromatic heterocycles. The molecule has 0 radical (unpaired) electrons. The highest BCUT2D eigenvalue weighted by atomic mass is 16.5. The highest BCUT2D eigenvalue weighted by molar-refractivity contribution is 5.80. The summed E-state index contributed by atoms with van der Waals surface area (Å²) >= 11 is 0. The molecule has 0 saturated carbocycles. The van der Waals surface area contributed by atoms with Crippen LogP contribution >= 0.6 is 0 Å². The summed E-state index contributed by atoms with van der Waals surface area (Å²) in [6.45, 7) is 1.20. The third-order valence-electron chi connectivity index (χ3n) is 5.61. The van der Waals surface area contributed by atoms with Crippen LogP contribution in [0.2, 0.25) is 0 Å². The van der Waals surface area contributed by atoms with Gasteiger partial charge in [0.05, 0.1) is 26.3 Å². The van der Waals surface area contributed by atoms with Gasteiger partial charge in [-0.1, -0.05) is 30.3 Å². The van der Waals surface area contributed by atoms with Crippen molar-refractivity contribution in [2.24, 2.45) is 0 Å². The zero-order valence-electron chi connectivity index (χ0n) is 16.9. The Kier molecular flexibility index (Phi) is 4.47. The van der Waals surface area contributed by atoms with Crippen molar-refractivity contribution in [1.82, 2.24) is 4.57 Å². The maximum absolute atomic E-state index is 13.2. The van der Waals surface area contributed by atoms with E-state index in [1.807, 2.05) is 60.7 Å². The summed E-state index contributed by atoms with van der Waals surface area (Å²) in [4.78, 5) is 0. The SMILES string of the molecule is COc1cc2c(cc1OC)-c1n(c3cc(OCc4ccccc4)ccc3[n+]1[O-])CC2. The molecule has 0 spiro atoms. The van der Waals surface area contributed by atoms with E-state index < -0.39 is 0 Å². The van der Waals surface area contributed by atoms with E-state index in [1.54, 1.807) is 14.2 Å². The van der Waals surface area contributed by atoms with Crippen molar-refractivity contribution < 1.29 is 18.9 Å². The number of hydrogen-bond acceptors (Lipinski definition) is 4. The van der Waals surface area contributed by atoms with Crippen LogP contribution in [0.1, 0.15) is 11.1 Å². The van der Waals surface area contributed by atoms with Crippen LogP contribution in [-0.4, -0.2) is 18.8 Å². The van der Waals surface area contributed by atoms with Gasteiger partial charge >= 0.3 is 0 Å². The number of hydrogen-bond donors (Lipinski definition) is 0. The molecule has 152 valence electrons. The van der Waals surface area contributed by atoms with Gasteiger partial charge in [-0.3, -0.25) is 0 Å². The molecule has 2 heterocycles. The van der Waals surface area contributed by atoms with Crippen molar-refractivity contribution in [2.75, 3.05) is 14.2 Å². The van der Waals surface area contributed by atoms with Gasteiger partial charge in [0.1, 0.15) is 12.4 Å². The Morgan fingerprint density at radius 1 is 0.967 bits per heavy atom. The van der Waals surface area contributed by atoms with Crippen molar-refractivity contribution in [3.05, 3.63) is 77.0 Å². The van der Waals surface area contributed by atoms with Crippen molar-refractivity contribution >= 4 is 11.0 Å². The van der Waals surface area contributed by atoms with E-state index in [0.29, 0.717) is 36.0 Å². The van der Waals surface area contributed by atoms with Gasteiger partial charge in [-0.25, -0.2) is 9.30 Å². The number of fused-ring (bicyclic) bond motifs is 5. The van der Waals surface area contributed by atoms with Gasteiger partial charge in [0, 0.05) is 12.5 Å². The molecule has 0 aliphatic carbocycles. The highest BCUT2D eigenvalue weighted by Gasteiger charge is 2.30. The maximum atomic E-state index is 13.2. The van der Waals surface area contributed by atoms with Gasteiger partial charge in [-0.15, -0.1) is 0 Å². The first-order chi connectivity index (χ1) is 14.7. The van der Waals surface area contributed by atoms with E-state index >= 15 is 0 Å². The van der Waals surface area contributed by atoms with Crippen LogP contribution in [0.25, 0.3) is 22.4 Å². The van der Waals surface area contributed by atoms with Crippen molar-refractivity contribution in [2.45, 2.75) is 19.6 Å². The Hall–Kier alpha value is -3.67. The summed E-state index contributed by atoms with van der Waals surface area (Å²) in [5.41, 5.74) is 4.54. The van der Waals surface area contributed by atoms with E-state index in [-0.39, 0.29) is 0 Å².